The molecule has 4 aliphatic rings. The van der Waals surface area contributed by atoms with E-state index in [-0.39, 0.29) is 61.6 Å². The molecular formula is C52H68ClN7O7. The lowest BCUT2D eigenvalue weighted by molar-refractivity contribution is -0.164. The number of piperazine rings is 1. The molecule has 3 N–H and O–H groups in total. The maximum atomic E-state index is 14.1. The minimum absolute atomic E-state index is 0.0220. The second-order valence-corrected chi connectivity index (χ2v) is 21.6. The Morgan fingerprint density at radius 3 is 2.28 bits per heavy atom. The molecule has 2 saturated heterocycles. The molecule has 1 aromatic heterocycles. The predicted octanol–water partition coefficient (Wildman–Crippen LogP) is 6.52. The van der Waals surface area contributed by atoms with Crippen molar-refractivity contribution in [3.63, 3.8) is 0 Å². The summed E-state index contributed by atoms with van der Waals surface area (Å²) in [6.07, 6.45) is 4.43. The van der Waals surface area contributed by atoms with Gasteiger partial charge < -0.3 is 35.0 Å². The molecule has 2 aliphatic heterocycles. The number of ketones is 1. The summed E-state index contributed by atoms with van der Waals surface area (Å²) in [4.78, 5) is 64.9. The predicted molar refractivity (Wildman–Crippen MR) is 257 cm³/mol. The Bertz CT molecular complexity index is 2280. The van der Waals surface area contributed by atoms with E-state index >= 15 is 0 Å². The monoisotopic (exact) mass is 937 g/mol. The Morgan fingerprint density at radius 2 is 1.69 bits per heavy atom. The Morgan fingerprint density at radius 1 is 0.985 bits per heavy atom. The van der Waals surface area contributed by atoms with Crippen LogP contribution < -0.4 is 20.3 Å². The van der Waals surface area contributed by atoms with E-state index in [2.05, 4.69) is 71.3 Å². The number of carbonyl (C=O) groups excluding carboxylic acids is 4. The van der Waals surface area contributed by atoms with Crippen molar-refractivity contribution in [2.75, 3.05) is 57.4 Å². The summed E-state index contributed by atoms with van der Waals surface area (Å²) in [7, 11) is 0. The van der Waals surface area contributed by atoms with E-state index in [0.29, 0.717) is 47.5 Å². The molecule has 4 fully saturated rings. The lowest BCUT2D eigenvalue weighted by Gasteiger charge is -2.63. The lowest BCUT2D eigenvalue weighted by Crippen LogP contribution is -2.74. The van der Waals surface area contributed by atoms with Gasteiger partial charge in [-0.3, -0.25) is 24.1 Å². The summed E-state index contributed by atoms with van der Waals surface area (Å²) in [6, 6.07) is 18.1. The van der Waals surface area contributed by atoms with E-state index in [4.69, 9.17) is 21.1 Å². The zero-order chi connectivity index (χ0) is 48.3. The molecule has 3 aromatic rings. The van der Waals surface area contributed by atoms with Gasteiger partial charge >= 0.3 is 0 Å². The van der Waals surface area contributed by atoms with E-state index in [1.807, 2.05) is 39.0 Å². The zero-order valence-electron chi connectivity index (χ0n) is 40.1. The number of hydrogen-bond donors (Lipinski definition) is 3. The molecule has 3 heterocycles. The summed E-state index contributed by atoms with van der Waals surface area (Å²) in [5.74, 6) is 0.315. The second kappa shape index (κ2) is 20.7. The van der Waals surface area contributed by atoms with Crippen LogP contribution in [0.25, 0.3) is 0 Å². The van der Waals surface area contributed by atoms with Gasteiger partial charge in [0.1, 0.15) is 36.4 Å². The first-order valence-corrected chi connectivity index (χ1v) is 24.2. The average Bonchev–Trinajstić information content (AvgIpc) is 3.68. The molecule has 2 aromatic carbocycles. The average molecular weight is 939 g/mol. The minimum Gasteiger partial charge on any atom is -0.489 e. The molecule has 0 radical (unpaired) electrons. The fourth-order valence-corrected chi connectivity index (χ4v) is 10.8. The van der Waals surface area contributed by atoms with Gasteiger partial charge in [-0.05, 0) is 59.6 Å². The summed E-state index contributed by atoms with van der Waals surface area (Å²) in [5, 5.41) is 26.4. The van der Waals surface area contributed by atoms with E-state index in [1.165, 1.54) is 29.7 Å². The van der Waals surface area contributed by atoms with Gasteiger partial charge in [-0.15, -0.1) is 0 Å². The van der Waals surface area contributed by atoms with E-state index in [1.54, 1.807) is 30.5 Å². The number of nitrogens with zero attached hydrogens (tertiary/aromatic N) is 5. The van der Waals surface area contributed by atoms with Crippen LogP contribution in [0, 0.1) is 33.5 Å². The largest absolute Gasteiger partial charge is 0.489 e. The number of hydrogen-bond acceptors (Lipinski definition) is 11. The molecule has 0 spiro atoms. The quantitative estimate of drug-likeness (QED) is 0.126. The number of rotatable bonds is 17. The molecule has 3 atom stereocenters. The molecular weight excluding hydrogens is 870 g/mol. The second-order valence-electron chi connectivity index (χ2n) is 21.2. The number of halogens is 1. The van der Waals surface area contributed by atoms with Gasteiger partial charge in [-0.1, -0.05) is 90.8 Å². The third-order valence-electron chi connectivity index (χ3n) is 14.6. The number of aromatic nitrogens is 1. The van der Waals surface area contributed by atoms with Crippen LogP contribution in [0.3, 0.4) is 0 Å². The van der Waals surface area contributed by atoms with E-state index < -0.39 is 34.3 Å². The number of aliphatic hydroxyl groups excluding tert-OH is 1. The van der Waals surface area contributed by atoms with Crippen LogP contribution in [0.2, 0.25) is 5.02 Å². The summed E-state index contributed by atoms with van der Waals surface area (Å²) < 4.78 is 12.2. The Kier molecular flexibility index (Phi) is 15.4. The van der Waals surface area contributed by atoms with Crippen LogP contribution in [0.15, 0.2) is 60.8 Å². The normalized spacial score (nSPS) is 23.0. The Labute approximate surface area is 400 Å². The standard InChI is InChI=1S/C52H68ClN7O7/c1-50(2,3)41(47(65)60-31-38(61)26-43(60)46(64)56-29-33-11-13-35(14-12-33)34-9-8-10-34)25-39(62)32-66-24-23-58-19-21-59(22-20-58)44-18-16-37(30-55-44)45(63)57-48-51(4,5)49(52(48,6)7)67-40-17-15-36(28-54)42(53)27-40/h11-18,27,30,34,38,41,43,48-49,61H,8-10,19-26,29,31-32H2,1-7H3,(H,56,64)(H,57,63)/t38-,41-,43+,48?,49?/m1/s1. The van der Waals surface area contributed by atoms with Gasteiger partial charge in [-0.2, -0.15) is 5.26 Å². The first-order chi connectivity index (χ1) is 31.8. The van der Waals surface area contributed by atoms with Crippen molar-refractivity contribution in [3.8, 4) is 11.8 Å². The summed E-state index contributed by atoms with van der Waals surface area (Å²) in [5.41, 5.74) is 1.81. The highest BCUT2D eigenvalue weighted by molar-refractivity contribution is 6.31. The van der Waals surface area contributed by atoms with Gasteiger partial charge in [0.2, 0.25) is 11.8 Å². The number of likely N-dealkylation sites (tertiary alicyclic amines) is 1. The Hall–Kier alpha value is -5.07. The number of β-amino-alcohol motifs (C(OH)–C–C–N with tert-alkyl or cyclic N) is 1. The maximum absolute atomic E-state index is 14.1. The van der Waals surface area contributed by atoms with Crippen molar-refractivity contribution in [1.29, 1.82) is 5.26 Å². The number of benzene rings is 2. The summed E-state index contributed by atoms with van der Waals surface area (Å²) in [6.45, 7) is 18.3. The summed E-state index contributed by atoms with van der Waals surface area (Å²) >= 11 is 6.25. The number of pyridine rings is 1. The van der Waals surface area contributed by atoms with Gasteiger partial charge in [0.05, 0.1) is 28.9 Å². The number of Topliss-reactive ketones (excluding diaryl/α,β-unsaturated/α-hetero) is 1. The van der Waals surface area contributed by atoms with Crippen molar-refractivity contribution in [1.82, 2.24) is 25.4 Å². The highest BCUT2D eigenvalue weighted by Gasteiger charge is 2.64. The Balaban J connectivity index is 0.819. The van der Waals surface area contributed by atoms with Gasteiger partial charge in [-0.25, -0.2) is 4.98 Å². The first-order valence-electron chi connectivity index (χ1n) is 23.8. The van der Waals surface area contributed by atoms with E-state index in [0.717, 1.165) is 37.6 Å². The zero-order valence-corrected chi connectivity index (χ0v) is 40.9. The number of nitriles is 1. The molecule has 2 aliphatic carbocycles. The number of aliphatic hydroxyl groups is 1. The van der Waals surface area contributed by atoms with Gasteiger partial charge in [0.25, 0.3) is 5.91 Å². The van der Waals surface area contributed by atoms with Crippen molar-refractivity contribution in [3.05, 3.63) is 88.1 Å². The molecule has 360 valence electrons. The molecule has 2 saturated carbocycles. The lowest BCUT2D eigenvalue weighted by atomic mass is 9.49. The molecule has 67 heavy (non-hydrogen) atoms. The van der Waals surface area contributed by atoms with Gasteiger partial charge in [0.15, 0.2) is 5.78 Å². The highest BCUT2D eigenvalue weighted by Crippen LogP contribution is 2.55. The number of amides is 3. The number of carbonyl (C=O) groups is 4. The maximum Gasteiger partial charge on any atom is 0.253 e. The van der Waals surface area contributed by atoms with Crippen LogP contribution in [0.4, 0.5) is 5.82 Å². The SMILES string of the molecule is CC1(C)C(NC(=O)c2ccc(N3CCN(CCOCC(=O)C[C@H](C(=O)N4C[C@H](O)C[C@H]4C(=O)NCc4ccc(C5CCC5)cc4)C(C)(C)C)CC3)nc2)C(C)(C)C1Oc1ccc(C#N)c(Cl)c1. The molecule has 0 unspecified atom stereocenters. The number of nitrogens with one attached hydrogen (secondary N) is 2. The third-order valence-corrected chi connectivity index (χ3v) is 14.9. The van der Waals surface area contributed by atoms with Crippen molar-refractivity contribution >= 4 is 40.9 Å². The van der Waals surface area contributed by atoms with Gasteiger partial charge in [0, 0.05) is 93.7 Å². The molecule has 3 amide bonds. The van der Waals surface area contributed by atoms with Crippen LogP contribution in [-0.2, 0) is 25.7 Å². The van der Waals surface area contributed by atoms with Crippen molar-refractivity contribution < 1.29 is 33.8 Å². The van der Waals surface area contributed by atoms with Crippen LogP contribution >= 0.6 is 11.6 Å². The highest BCUT2D eigenvalue weighted by atomic mass is 35.5. The van der Waals surface area contributed by atoms with Crippen LogP contribution in [0.5, 0.6) is 5.75 Å². The minimum atomic E-state index is -0.822. The van der Waals surface area contributed by atoms with Crippen LogP contribution in [-0.4, -0.2) is 120 Å². The number of ether oxygens (including phenoxy) is 2. The molecule has 0 bridgehead atoms. The molecule has 7 rings (SSSR count). The van der Waals surface area contributed by atoms with Crippen molar-refractivity contribution in [2.45, 2.75) is 117 Å². The first kappa shape index (κ1) is 49.8. The van der Waals surface area contributed by atoms with E-state index in [9.17, 15) is 29.5 Å². The topological polar surface area (TPSA) is 177 Å². The van der Waals surface area contributed by atoms with Crippen LogP contribution in [0.1, 0.15) is 114 Å². The third kappa shape index (κ3) is 11.5. The van der Waals surface area contributed by atoms with Crippen molar-refractivity contribution in [2.24, 2.45) is 22.2 Å². The fourth-order valence-electron chi connectivity index (χ4n) is 10.6. The smallest absolute Gasteiger partial charge is 0.253 e. The molecule has 15 heteroatoms. The molecule has 14 nitrogen and oxygen atoms in total. The fraction of sp³-hybridized carbons (Fsp3) is 0.577. The number of anilines is 1.